The van der Waals surface area contributed by atoms with Crippen molar-refractivity contribution >= 4 is 17.5 Å². The van der Waals surface area contributed by atoms with Crippen molar-refractivity contribution in [2.45, 2.75) is 20.4 Å². The summed E-state index contributed by atoms with van der Waals surface area (Å²) in [6.07, 6.45) is 0. The fourth-order valence-corrected chi connectivity index (χ4v) is 1.70. The van der Waals surface area contributed by atoms with Gasteiger partial charge in [0.1, 0.15) is 0 Å². The number of nitrogens with one attached hydrogen (secondary N) is 1. The van der Waals surface area contributed by atoms with E-state index in [1.165, 1.54) is 0 Å². The third-order valence-electron chi connectivity index (χ3n) is 2.73. The zero-order valence-electron chi connectivity index (χ0n) is 10.7. The lowest BCUT2D eigenvalue weighted by Crippen LogP contribution is -2.35. The molecule has 0 radical (unpaired) electrons. The summed E-state index contributed by atoms with van der Waals surface area (Å²) in [6.45, 7) is 5.37. The predicted octanol–water partition coefficient (Wildman–Crippen LogP) is 0.950. The van der Waals surface area contributed by atoms with Crippen LogP contribution >= 0.6 is 11.6 Å². The van der Waals surface area contributed by atoms with Crippen LogP contribution in [0.15, 0.2) is 0 Å². The first-order valence-electron chi connectivity index (χ1n) is 5.60. The molecule has 0 saturated carbocycles. The average Bonchev–Trinajstić information content (AvgIpc) is 2.54. The van der Waals surface area contributed by atoms with E-state index in [-0.39, 0.29) is 5.91 Å². The quantitative estimate of drug-likeness (QED) is 0.856. The van der Waals surface area contributed by atoms with E-state index in [2.05, 4.69) is 10.4 Å². The van der Waals surface area contributed by atoms with E-state index in [9.17, 15) is 4.79 Å². The number of rotatable bonds is 5. The SMILES string of the molecule is CCN(C)C(=O)CNCc1c(Cl)c(C)nn1C. The first kappa shape index (κ1) is 14.0. The van der Waals surface area contributed by atoms with Crippen molar-refractivity contribution < 1.29 is 4.79 Å². The number of hydrogen-bond acceptors (Lipinski definition) is 3. The molecule has 0 aliphatic rings. The van der Waals surface area contributed by atoms with Crippen molar-refractivity contribution in [1.82, 2.24) is 20.0 Å². The predicted molar refractivity (Wildman–Crippen MR) is 68.0 cm³/mol. The van der Waals surface area contributed by atoms with Gasteiger partial charge in [-0.15, -0.1) is 0 Å². The molecular weight excluding hydrogens is 240 g/mol. The molecule has 1 N–H and O–H groups in total. The highest BCUT2D eigenvalue weighted by molar-refractivity contribution is 6.31. The highest BCUT2D eigenvalue weighted by atomic mass is 35.5. The minimum absolute atomic E-state index is 0.0718. The van der Waals surface area contributed by atoms with Crippen molar-refractivity contribution in [1.29, 1.82) is 0 Å². The molecule has 6 heteroatoms. The third kappa shape index (κ3) is 3.44. The number of aromatic nitrogens is 2. The maximum absolute atomic E-state index is 11.5. The van der Waals surface area contributed by atoms with E-state index in [0.29, 0.717) is 24.7 Å². The maximum atomic E-state index is 11.5. The van der Waals surface area contributed by atoms with Gasteiger partial charge < -0.3 is 10.2 Å². The number of hydrogen-bond donors (Lipinski definition) is 1. The molecule has 5 nitrogen and oxygen atoms in total. The van der Waals surface area contributed by atoms with Crippen LogP contribution < -0.4 is 5.32 Å². The Hall–Kier alpha value is -1.07. The standard InChI is InChI=1S/C11H19ClN4O/c1-5-15(3)10(17)7-13-6-9-11(12)8(2)14-16(9)4/h13H,5-7H2,1-4H3. The summed E-state index contributed by atoms with van der Waals surface area (Å²) in [5.41, 5.74) is 1.71. The van der Waals surface area contributed by atoms with Gasteiger partial charge in [0.25, 0.3) is 0 Å². The van der Waals surface area contributed by atoms with Crippen molar-refractivity contribution in [2.24, 2.45) is 7.05 Å². The Morgan fingerprint density at radius 1 is 1.59 bits per heavy atom. The summed E-state index contributed by atoms with van der Waals surface area (Å²) in [5, 5.41) is 7.95. The zero-order chi connectivity index (χ0) is 13.0. The lowest BCUT2D eigenvalue weighted by Gasteiger charge is -2.14. The van der Waals surface area contributed by atoms with Gasteiger partial charge in [0.05, 0.1) is 23.0 Å². The Kier molecular flexibility index (Phi) is 4.96. The molecule has 96 valence electrons. The Morgan fingerprint density at radius 2 is 2.24 bits per heavy atom. The Balaban J connectivity index is 2.49. The molecule has 1 aromatic heterocycles. The van der Waals surface area contributed by atoms with Crippen LogP contribution in [-0.4, -0.2) is 40.7 Å². The smallest absolute Gasteiger partial charge is 0.236 e. The van der Waals surface area contributed by atoms with Gasteiger partial charge >= 0.3 is 0 Å². The molecule has 17 heavy (non-hydrogen) atoms. The van der Waals surface area contributed by atoms with Gasteiger partial charge in [-0.1, -0.05) is 11.6 Å². The van der Waals surface area contributed by atoms with Gasteiger partial charge in [-0.2, -0.15) is 5.10 Å². The first-order chi connectivity index (χ1) is 7.97. The molecule has 1 aromatic rings. The number of carbonyl (C=O) groups is 1. The second-order valence-corrected chi connectivity index (χ2v) is 4.36. The monoisotopic (exact) mass is 258 g/mol. The van der Waals surface area contributed by atoms with E-state index in [0.717, 1.165) is 11.4 Å². The lowest BCUT2D eigenvalue weighted by atomic mass is 10.3. The summed E-state index contributed by atoms with van der Waals surface area (Å²) in [6, 6.07) is 0. The summed E-state index contributed by atoms with van der Waals surface area (Å²) in [4.78, 5) is 13.2. The highest BCUT2D eigenvalue weighted by Gasteiger charge is 2.11. The largest absolute Gasteiger partial charge is 0.345 e. The summed E-state index contributed by atoms with van der Waals surface area (Å²) in [5.74, 6) is 0.0718. The van der Waals surface area contributed by atoms with Crippen LogP contribution in [0.2, 0.25) is 5.02 Å². The topological polar surface area (TPSA) is 50.2 Å². The number of halogens is 1. The number of aryl methyl sites for hydroxylation is 2. The molecule has 0 bridgehead atoms. The summed E-state index contributed by atoms with van der Waals surface area (Å²) in [7, 11) is 3.63. The Labute approximate surface area is 107 Å². The van der Waals surface area contributed by atoms with E-state index in [1.54, 1.807) is 16.6 Å². The molecule has 0 aliphatic heterocycles. The van der Waals surface area contributed by atoms with Gasteiger partial charge in [0, 0.05) is 27.2 Å². The molecule has 0 aromatic carbocycles. The van der Waals surface area contributed by atoms with Crippen LogP contribution in [0.4, 0.5) is 0 Å². The van der Waals surface area contributed by atoms with Crippen molar-refractivity contribution in [2.75, 3.05) is 20.1 Å². The van der Waals surface area contributed by atoms with Gasteiger partial charge in [-0.25, -0.2) is 0 Å². The number of nitrogens with zero attached hydrogens (tertiary/aromatic N) is 3. The van der Waals surface area contributed by atoms with Crippen LogP contribution in [0.1, 0.15) is 18.3 Å². The van der Waals surface area contributed by atoms with E-state index in [4.69, 9.17) is 11.6 Å². The van der Waals surface area contributed by atoms with Gasteiger partial charge in [0.2, 0.25) is 5.91 Å². The molecule has 1 heterocycles. The third-order valence-corrected chi connectivity index (χ3v) is 3.22. The lowest BCUT2D eigenvalue weighted by molar-refractivity contribution is -0.128. The highest BCUT2D eigenvalue weighted by Crippen LogP contribution is 2.18. The maximum Gasteiger partial charge on any atom is 0.236 e. The molecule has 0 aliphatic carbocycles. The average molecular weight is 259 g/mol. The zero-order valence-corrected chi connectivity index (χ0v) is 11.5. The number of amides is 1. The minimum Gasteiger partial charge on any atom is -0.345 e. The Morgan fingerprint density at radius 3 is 2.71 bits per heavy atom. The van der Waals surface area contributed by atoms with Crippen LogP contribution in [0.3, 0.4) is 0 Å². The molecule has 0 atom stereocenters. The second-order valence-electron chi connectivity index (χ2n) is 3.98. The van der Waals surface area contributed by atoms with Crippen molar-refractivity contribution in [3.63, 3.8) is 0 Å². The van der Waals surface area contributed by atoms with Gasteiger partial charge in [-0.05, 0) is 13.8 Å². The van der Waals surface area contributed by atoms with Crippen LogP contribution in [0, 0.1) is 6.92 Å². The van der Waals surface area contributed by atoms with Gasteiger partial charge in [-0.3, -0.25) is 9.48 Å². The molecule has 0 spiro atoms. The summed E-state index contributed by atoms with van der Waals surface area (Å²) >= 11 is 6.10. The van der Waals surface area contributed by atoms with Crippen LogP contribution in [0.5, 0.6) is 0 Å². The molecule has 1 amide bonds. The fraction of sp³-hybridized carbons (Fsp3) is 0.636. The van der Waals surface area contributed by atoms with Crippen molar-refractivity contribution in [3.8, 4) is 0 Å². The van der Waals surface area contributed by atoms with E-state index >= 15 is 0 Å². The second kappa shape index (κ2) is 6.02. The minimum atomic E-state index is 0.0718. The number of carbonyl (C=O) groups excluding carboxylic acids is 1. The first-order valence-corrected chi connectivity index (χ1v) is 5.97. The van der Waals surface area contributed by atoms with E-state index < -0.39 is 0 Å². The molecule has 1 rings (SSSR count). The normalized spacial score (nSPS) is 10.6. The van der Waals surface area contributed by atoms with E-state index in [1.807, 2.05) is 20.9 Å². The van der Waals surface area contributed by atoms with Crippen LogP contribution in [-0.2, 0) is 18.4 Å². The molecule has 0 saturated heterocycles. The molecular formula is C11H19ClN4O. The van der Waals surface area contributed by atoms with Gasteiger partial charge in [0.15, 0.2) is 0 Å². The van der Waals surface area contributed by atoms with Crippen molar-refractivity contribution in [3.05, 3.63) is 16.4 Å². The molecule has 0 unspecified atom stereocenters. The number of likely N-dealkylation sites (N-methyl/N-ethyl adjacent to an activating group) is 1. The molecule has 0 fully saturated rings. The fourth-order valence-electron chi connectivity index (χ4n) is 1.47. The van der Waals surface area contributed by atoms with Crippen LogP contribution in [0.25, 0.3) is 0 Å². The Bertz CT molecular complexity index is 402. The summed E-state index contributed by atoms with van der Waals surface area (Å²) < 4.78 is 1.73.